The second-order valence-electron chi connectivity index (χ2n) is 5.10. The van der Waals surface area contributed by atoms with Crippen molar-refractivity contribution in [2.24, 2.45) is 0 Å². The van der Waals surface area contributed by atoms with Crippen LogP contribution in [0.25, 0.3) is 0 Å². The summed E-state index contributed by atoms with van der Waals surface area (Å²) in [6, 6.07) is 3.66. The van der Waals surface area contributed by atoms with Crippen LogP contribution < -0.4 is 16.0 Å². The Morgan fingerprint density at radius 3 is 2.70 bits per heavy atom. The van der Waals surface area contributed by atoms with E-state index in [1.54, 1.807) is 19.0 Å². The lowest BCUT2D eigenvalue weighted by Crippen LogP contribution is -2.36. The van der Waals surface area contributed by atoms with Crippen LogP contribution in [0.2, 0.25) is 0 Å². The van der Waals surface area contributed by atoms with Crippen LogP contribution in [0.4, 0.5) is 17.1 Å². The van der Waals surface area contributed by atoms with Crippen molar-refractivity contribution in [2.75, 3.05) is 43.1 Å². The maximum Gasteiger partial charge on any atom is 0.241 e. The van der Waals surface area contributed by atoms with Crippen molar-refractivity contribution >= 4 is 28.9 Å². The van der Waals surface area contributed by atoms with Crippen molar-refractivity contribution < 1.29 is 9.59 Å². The summed E-state index contributed by atoms with van der Waals surface area (Å²) in [5.74, 6) is -0.0141. The van der Waals surface area contributed by atoms with E-state index in [0.29, 0.717) is 18.7 Å². The molecule has 3 N–H and O–H groups in total. The first-order valence-electron chi connectivity index (χ1n) is 6.59. The number of carbonyl (C=O) groups is 2. The molecule has 0 aromatic heterocycles. The molecule has 0 spiro atoms. The highest BCUT2D eigenvalue weighted by Gasteiger charge is 2.22. The molecule has 0 saturated carbocycles. The number of nitrogen functional groups attached to an aromatic ring is 1. The van der Waals surface area contributed by atoms with Crippen LogP contribution in [0.5, 0.6) is 0 Å². The molecule has 1 aliphatic heterocycles. The average molecular weight is 276 g/mol. The van der Waals surface area contributed by atoms with E-state index in [4.69, 9.17) is 5.73 Å². The molecule has 0 unspecified atom stereocenters. The van der Waals surface area contributed by atoms with Crippen LogP contribution in [0.15, 0.2) is 12.1 Å². The van der Waals surface area contributed by atoms with Crippen molar-refractivity contribution in [1.82, 2.24) is 4.90 Å². The molecule has 0 aliphatic carbocycles. The van der Waals surface area contributed by atoms with Gasteiger partial charge >= 0.3 is 0 Å². The number of amides is 2. The molecular formula is C14H20N4O2. The lowest BCUT2D eigenvalue weighted by molar-refractivity contribution is -0.127. The number of nitrogens with zero attached hydrogens (tertiary/aromatic N) is 2. The van der Waals surface area contributed by atoms with Crippen molar-refractivity contribution in [3.8, 4) is 0 Å². The number of hydrogen-bond acceptors (Lipinski definition) is 4. The van der Waals surface area contributed by atoms with Crippen LogP contribution in [0, 0.1) is 0 Å². The zero-order valence-electron chi connectivity index (χ0n) is 12.1. The van der Waals surface area contributed by atoms with Gasteiger partial charge < -0.3 is 20.9 Å². The van der Waals surface area contributed by atoms with Crippen LogP contribution in [-0.4, -0.2) is 43.9 Å². The Labute approximate surface area is 118 Å². The molecule has 108 valence electrons. The van der Waals surface area contributed by atoms with E-state index in [9.17, 15) is 9.59 Å². The minimum absolute atomic E-state index is 0.00999. The molecule has 20 heavy (non-hydrogen) atoms. The van der Waals surface area contributed by atoms with Gasteiger partial charge in [-0.05, 0) is 24.6 Å². The third-order valence-electron chi connectivity index (χ3n) is 3.42. The number of benzene rings is 1. The Morgan fingerprint density at radius 1 is 1.40 bits per heavy atom. The van der Waals surface area contributed by atoms with Gasteiger partial charge in [0.2, 0.25) is 11.8 Å². The Hall–Kier alpha value is -2.24. The fraction of sp³-hybridized carbons (Fsp3) is 0.429. The molecule has 0 saturated heterocycles. The maximum absolute atomic E-state index is 11.9. The number of carbonyl (C=O) groups excluding carboxylic acids is 2. The molecule has 1 aromatic carbocycles. The number of nitrogens with one attached hydrogen (secondary N) is 1. The van der Waals surface area contributed by atoms with Crippen molar-refractivity contribution in [2.45, 2.75) is 13.3 Å². The average Bonchev–Trinajstić information content (AvgIpc) is 2.73. The summed E-state index contributed by atoms with van der Waals surface area (Å²) in [4.78, 5) is 26.7. The molecule has 0 radical (unpaired) electrons. The Morgan fingerprint density at radius 2 is 2.10 bits per heavy atom. The number of likely N-dealkylation sites (N-methyl/N-ethyl adjacent to an activating group) is 2. The molecule has 6 heteroatoms. The van der Waals surface area contributed by atoms with Gasteiger partial charge in [0, 0.05) is 26.3 Å². The van der Waals surface area contributed by atoms with Crippen LogP contribution in [0.1, 0.15) is 12.5 Å². The van der Waals surface area contributed by atoms with E-state index in [1.807, 2.05) is 24.0 Å². The van der Waals surface area contributed by atoms with Crippen LogP contribution in [-0.2, 0) is 16.0 Å². The van der Waals surface area contributed by atoms with Gasteiger partial charge in [-0.15, -0.1) is 0 Å². The Bertz CT molecular complexity index is 554. The summed E-state index contributed by atoms with van der Waals surface area (Å²) in [6.45, 7) is 2.89. The quantitative estimate of drug-likeness (QED) is 0.793. The fourth-order valence-electron chi connectivity index (χ4n) is 2.23. The zero-order chi connectivity index (χ0) is 14.9. The highest BCUT2D eigenvalue weighted by molar-refractivity contribution is 6.01. The van der Waals surface area contributed by atoms with E-state index >= 15 is 0 Å². The summed E-state index contributed by atoms with van der Waals surface area (Å²) in [7, 11) is 3.45. The second kappa shape index (κ2) is 5.40. The number of rotatable bonds is 4. The van der Waals surface area contributed by atoms with Gasteiger partial charge in [0.25, 0.3) is 0 Å². The Balaban J connectivity index is 2.29. The monoisotopic (exact) mass is 276 g/mol. The minimum atomic E-state index is -0.0241. The first-order chi connectivity index (χ1) is 9.42. The number of hydrogen-bond donors (Lipinski definition) is 2. The van der Waals surface area contributed by atoms with E-state index in [-0.39, 0.29) is 18.4 Å². The predicted molar refractivity (Wildman–Crippen MR) is 79.8 cm³/mol. The fourth-order valence-corrected chi connectivity index (χ4v) is 2.23. The van der Waals surface area contributed by atoms with Gasteiger partial charge in [0.05, 0.1) is 24.3 Å². The first-order valence-corrected chi connectivity index (χ1v) is 6.59. The molecule has 6 nitrogen and oxygen atoms in total. The SMILES string of the molecule is CCN(CC(=O)N(C)C)c1cc2c(cc1N)CC(=O)N2. The predicted octanol–water partition coefficient (Wildman–Crippen LogP) is 0.678. The summed E-state index contributed by atoms with van der Waals surface area (Å²) >= 11 is 0. The smallest absolute Gasteiger partial charge is 0.241 e. The van der Waals surface area contributed by atoms with E-state index in [1.165, 1.54) is 0 Å². The van der Waals surface area contributed by atoms with Crippen LogP contribution >= 0.6 is 0 Å². The number of anilines is 3. The largest absolute Gasteiger partial charge is 0.397 e. The molecule has 0 atom stereocenters. The number of nitrogens with two attached hydrogens (primary N) is 1. The molecule has 1 heterocycles. The molecule has 0 fully saturated rings. The zero-order valence-corrected chi connectivity index (χ0v) is 12.1. The van der Waals surface area contributed by atoms with Crippen molar-refractivity contribution in [3.63, 3.8) is 0 Å². The Kier molecular flexibility index (Phi) is 3.83. The molecule has 0 bridgehead atoms. The van der Waals surface area contributed by atoms with Gasteiger partial charge in [0.15, 0.2) is 0 Å². The van der Waals surface area contributed by atoms with E-state index in [0.717, 1.165) is 16.9 Å². The third kappa shape index (κ3) is 2.68. The molecule has 1 aromatic rings. The lowest BCUT2D eigenvalue weighted by Gasteiger charge is -2.26. The molecule has 1 aliphatic rings. The second-order valence-corrected chi connectivity index (χ2v) is 5.10. The van der Waals surface area contributed by atoms with Gasteiger partial charge in [-0.3, -0.25) is 9.59 Å². The van der Waals surface area contributed by atoms with Crippen LogP contribution in [0.3, 0.4) is 0 Å². The molecular weight excluding hydrogens is 256 g/mol. The topological polar surface area (TPSA) is 78.7 Å². The normalized spacial score (nSPS) is 12.8. The lowest BCUT2D eigenvalue weighted by atomic mass is 10.1. The summed E-state index contributed by atoms with van der Waals surface area (Å²) in [5, 5.41) is 2.80. The summed E-state index contributed by atoms with van der Waals surface area (Å²) in [6.07, 6.45) is 0.364. The van der Waals surface area contributed by atoms with Gasteiger partial charge in [-0.25, -0.2) is 0 Å². The highest BCUT2D eigenvalue weighted by Crippen LogP contribution is 2.33. The van der Waals surface area contributed by atoms with Gasteiger partial charge in [-0.1, -0.05) is 0 Å². The first kappa shape index (κ1) is 14.2. The van der Waals surface area contributed by atoms with Crippen molar-refractivity contribution in [1.29, 1.82) is 0 Å². The van der Waals surface area contributed by atoms with Gasteiger partial charge in [0.1, 0.15) is 0 Å². The third-order valence-corrected chi connectivity index (χ3v) is 3.42. The van der Waals surface area contributed by atoms with E-state index < -0.39 is 0 Å². The highest BCUT2D eigenvalue weighted by atomic mass is 16.2. The minimum Gasteiger partial charge on any atom is -0.397 e. The number of fused-ring (bicyclic) bond motifs is 1. The maximum atomic E-state index is 11.9. The summed E-state index contributed by atoms with van der Waals surface area (Å²) < 4.78 is 0. The summed E-state index contributed by atoms with van der Waals surface area (Å²) in [5.41, 5.74) is 9.13. The van der Waals surface area contributed by atoms with Gasteiger partial charge in [-0.2, -0.15) is 0 Å². The van der Waals surface area contributed by atoms with E-state index in [2.05, 4.69) is 5.32 Å². The van der Waals surface area contributed by atoms with Crippen molar-refractivity contribution in [3.05, 3.63) is 17.7 Å². The molecule has 2 rings (SSSR count). The standard InChI is InChI=1S/C14H20N4O2/c1-4-18(8-14(20)17(2)3)12-7-11-9(5-10(12)15)6-13(19)16-11/h5,7H,4,6,8,15H2,1-3H3,(H,16,19). The molecule has 2 amide bonds.